The molecular weight excluding hydrogens is 352 g/mol. The van der Waals surface area contributed by atoms with Crippen LogP contribution in [0.4, 0.5) is 0 Å². The van der Waals surface area contributed by atoms with E-state index in [1.807, 2.05) is 44.2 Å². The van der Waals surface area contributed by atoms with Gasteiger partial charge in [0, 0.05) is 11.1 Å². The average Bonchev–Trinajstić information content (AvgIpc) is 2.72. The van der Waals surface area contributed by atoms with Crippen LogP contribution in [0.25, 0.3) is 10.9 Å². The van der Waals surface area contributed by atoms with Gasteiger partial charge in [0.1, 0.15) is 0 Å². The normalized spacial score (nSPS) is 12.9. The van der Waals surface area contributed by atoms with Crippen LogP contribution in [0.2, 0.25) is 0 Å². The third-order valence-electron chi connectivity index (χ3n) is 5.09. The number of rotatable bonds is 5. The fraction of sp³-hybridized carbons (Fsp3) is 0.261. The summed E-state index contributed by atoms with van der Waals surface area (Å²) in [6.45, 7) is 3.80. The molecule has 1 N–H and O–H groups in total. The molecule has 0 aliphatic carbocycles. The number of nitrogens with one attached hydrogen (secondary N) is 1. The zero-order chi connectivity index (χ0) is 20.3. The quantitative estimate of drug-likeness (QED) is 0.687. The van der Waals surface area contributed by atoms with E-state index in [4.69, 9.17) is 4.74 Å². The highest BCUT2D eigenvalue weighted by Gasteiger charge is 2.27. The smallest absolute Gasteiger partial charge is 0.337 e. The SMILES string of the molecule is CCc1cc2ccc(C(C)(C#N)Cc3cccc(C(=O)OC)c3)cc2[nH]c1=O. The summed E-state index contributed by atoms with van der Waals surface area (Å²) < 4.78 is 4.77. The molecule has 1 unspecified atom stereocenters. The molecule has 0 spiro atoms. The molecule has 2 aromatic carbocycles. The summed E-state index contributed by atoms with van der Waals surface area (Å²) in [5, 5.41) is 10.9. The summed E-state index contributed by atoms with van der Waals surface area (Å²) in [5.41, 5.74) is 2.66. The van der Waals surface area contributed by atoms with Crippen molar-refractivity contribution in [2.45, 2.75) is 32.1 Å². The van der Waals surface area contributed by atoms with E-state index in [9.17, 15) is 14.9 Å². The minimum atomic E-state index is -0.816. The van der Waals surface area contributed by atoms with Gasteiger partial charge in [-0.25, -0.2) is 4.79 Å². The molecule has 5 nitrogen and oxygen atoms in total. The van der Waals surface area contributed by atoms with Gasteiger partial charge in [-0.2, -0.15) is 5.26 Å². The van der Waals surface area contributed by atoms with Gasteiger partial charge in [-0.3, -0.25) is 4.79 Å². The number of pyridine rings is 1. The summed E-state index contributed by atoms with van der Waals surface area (Å²) in [6.07, 6.45) is 1.09. The lowest BCUT2D eigenvalue weighted by Crippen LogP contribution is -2.23. The number of methoxy groups -OCH3 is 1. The fourth-order valence-corrected chi connectivity index (χ4v) is 3.39. The molecular formula is C23H22N2O3. The number of aryl methyl sites for hydroxylation is 1. The lowest BCUT2D eigenvalue weighted by Gasteiger charge is -2.23. The van der Waals surface area contributed by atoms with Crippen LogP contribution in [0.3, 0.4) is 0 Å². The van der Waals surface area contributed by atoms with E-state index < -0.39 is 11.4 Å². The number of ether oxygens (including phenoxy) is 1. The van der Waals surface area contributed by atoms with Gasteiger partial charge in [0.05, 0.1) is 24.2 Å². The minimum Gasteiger partial charge on any atom is -0.465 e. The second kappa shape index (κ2) is 7.69. The summed E-state index contributed by atoms with van der Waals surface area (Å²) in [5.74, 6) is -0.407. The number of fused-ring (bicyclic) bond motifs is 1. The van der Waals surface area contributed by atoms with E-state index in [1.165, 1.54) is 7.11 Å². The molecule has 0 saturated carbocycles. The zero-order valence-electron chi connectivity index (χ0n) is 16.2. The maximum absolute atomic E-state index is 12.2. The van der Waals surface area contributed by atoms with Gasteiger partial charge >= 0.3 is 5.97 Å². The van der Waals surface area contributed by atoms with E-state index in [-0.39, 0.29) is 5.56 Å². The van der Waals surface area contributed by atoms with Gasteiger partial charge in [0.15, 0.2) is 0 Å². The third-order valence-corrected chi connectivity index (χ3v) is 5.09. The van der Waals surface area contributed by atoms with Crippen LogP contribution in [0, 0.1) is 11.3 Å². The van der Waals surface area contributed by atoms with Crippen molar-refractivity contribution in [2.24, 2.45) is 0 Å². The largest absolute Gasteiger partial charge is 0.465 e. The monoisotopic (exact) mass is 374 g/mol. The van der Waals surface area contributed by atoms with E-state index in [0.29, 0.717) is 23.9 Å². The summed E-state index contributed by atoms with van der Waals surface area (Å²) in [7, 11) is 1.34. The Hall–Kier alpha value is -3.39. The Kier molecular flexibility index (Phi) is 5.32. The molecule has 0 aliphatic heterocycles. The number of nitrogens with zero attached hydrogens (tertiary/aromatic N) is 1. The first-order valence-electron chi connectivity index (χ1n) is 9.15. The molecule has 0 aliphatic rings. The number of aromatic amines is 1. The Balaban J connectivity index is 2.01. The van der Waals surface area contributed by atoms with Gasteiger partial charge in [0.25, 0.3) is 5.56 Å². The number of carbonyl (C=O) groups is 1. The first kappa shape index (κ1) is 19.4. The fourth-order valence-electron chi connectivity index (χ4n) is 3.39. The van der Waals surface area contributed by atoms with Crippen LogP contribution in [0.5, 0.6) is 0 Å². The standard InChI is InChI=1S/C23H22N2O3/c1-4-16-11-17-8-9-19(12-20(17)25-21(16)26)23(2,14-24)13-15-6-5-7-18(10-15)22(27)28-3/h5-12H,4,13H2,1-3H3,(H,25,26). The lowest BCUT2D eigenvalue weighted by atomic mass is 9.78. The van der Waals surface area contributed by atoms with Crippen LogP contribution in [0.15, 0.2) is 53.3 Å². The lowest BCUT2D eigenvalue weighted by molar-refractivity contribution is 0.0600. The molecule has 1 atom stereocenters. The Morgan fingerprint density at radius 3 is 2.68 bits per heavy atom. The second-order valence-corrected chi connectivity index (χ2v) is 7.09. The molecule has 1 aromatic heterocycles. The van der Waals surface area contributed by atoms with Crippen molar-refractivity contribution >= 4 is 16.9 Å². The van der Waals surface area contributed by atoms with Gasteiger partial charge in [-0.1, -0.05) is 31.2 Å². The predicted molar refractivity (Wildman–Crippen MR) is 108 cm³/mol. The molecule has 5 heteroatoms. The molecule has 142 valence electrons. The predicted octanol–water partition coefficient (Wildman–Crippen LogP) is 3.90. The highest BCUT2D eigenvalue weighted by molar-refractivity contribution is 5.89. The van der Waals surface area contributed by atoms with Gasteiger partial charge in [-0.05, 0) is 60.5 Å². The first-order valence-corrected chi connectivity index (χ1v) is 9.15. The Bertz CT molecular complexity index is 1140. The maximum Gasteiger partial charge on any atom is 0.337 e. The van der Waals surface area contributed by atoms with Crippen molar-refractivity contribution < 1.29 is 9.53 Å². The number of esters is 1. The number of hydrogen-bond acceptors (Lipinski definition) is 4. The number of nitriles is 1. The van der Waals surface area contributed by atoms with Crippen LogP contribution in [0.1, 0.15) is 40.9 Å². The molecule has 0 amide bonds. The van der Waals surface area contributed by atoms with Crippen molar-refractivity contribution in [3.8, 4) is 6.07 Å². The van der Waals surface area contributed by atoms with Crippen molar-refractivity contribution in [3.05, 3.63) is 81.1 Å². The van der Waals surface area contributed by atoms with Crippen molar-refractivity contribution in [2.75, 3.05) is 7.11 Å². The Morgan fingerprint density at radius 2 is 2.00 bits per heavy atom. The first-order chi connectivity index (χ1) is 13.4. The number of H-pyrrole nitrogens is 1. The van der Waals surface area contributed by atoms with Crippen molar-refractivity contribution in [3.63, 3.8) is 0 Å². The topological polar surface area (TPSA) is 82.9 Å². The van der Waals surface area contributed by atoms with Crippen LogP contribution >= 0.6 is 0 Å². The number of benzene rings is 2. The molecule has 28 heavy (non-hydrogen) atoms. The number of hydrogen-bond donors (Lipinski definition) is 1. The Labute approximate surface area is 163 Å². The molecule has 1 heterocycles. The van der Waals surface area contributed by atoms with Crippen LogP contribution < -0.4 is 5.56 Å². The third kappa shape index (κ3) is 3.67. The number of aromatic nitrogens is 1. The highest BCUT2D eigenvalue weighted by atomic mass is 16.5. The molecule has 3 aromatic rings. The molecule has 0 radical (unpaired) electrons. The van der Waals surface area contributed by atoms with Gasteiger partial charge in [0.2, 0.25) is 0 Å². The second-order valence-electron chi connectivity index (χ2n) is 7.09. The van der Waals surface area contributed by atoms with E-state index in [0.717, 1.165) is 22.1 Å². The van der Waals surface area contributed by atoms with E-state index >= 15 is 0 Å². The summed E-state index contributed by atoms with van der Waals surface area (Å²) in [6, 6.07) is 17.1. The van der Waals surface area contributed by atoms with Crippen LogP contribution in [-0.2, 0) is 23.0 Å². The van der Waals surface area contributed by atoms with E-state index in [2.05, 4.69) is 11.1 Å². The molecule has 0 bridgehead atoms. The van der Waals surface area contributed by atoms with Crippen molar-refractivity contribution in [1.82, 2.24) is 4.98 Å². The maximum atomic E-state index is 12.2. The molecule has 0 fully saturated rings. The highest BCUT2D eigenvalue weighted by Crippen LogP contribution is 2.30. The summed E-state index contributed by atoms with van der Waals surface area (Å²) >= 11 is 0. The summed E-state index contributed by atoms with van der Waals surface area (Å²) in [4.78, 5) is 26.8. The van der Waals surface area contributed by atoms with Gasteiger partial charge < -0.3 is 9.72 Å². The molecule has 3 rings (SSSR count). The van der Waals surface area contributed by atoms with Crippen molar-refractivity contribution in [1.29, 1.82) is 5.26 Å². The van der Waals surface area contributed by atoms with E-state index in [1.54, 1.807) is 18.2 Å². The van der Waals surface area contributed by atoms with Crippen LogP contribution in [-0.4, -0.2) is 18.1 Å². The number of carbonyl (C=O) groups excluding carboxylic acids is 1. The Morgan fingerprint density at radius 1 is 1.21 bits per heavy atom. The van der Waals surface area contributed by atoms with Gasteiger partial charge in [-0.15, -0.1) is 0 Å². The minimum absolute atomic E-state index is 0.100. The zero-order valence-corrected chi connectivity index (χ0v) is 16.2. The molecule has 0 saturated heterocycles. The average molecular weight is 374 g/mol.